The van der Waals surface area contributed by atoms with Gasteiger partial charge in [-0.1, -0.05) is 60.7 Å². The molecule has 30 heavy (non-hydrogen) atoms. The fourth-order valence-electron chi connectivity index (χ4n) is 3.12. The first-order valence-corrected chi connectivity index (χ1v) is 9.46. The van der Waals surface area contributed by atoms with Crippen LogP contribution >= 0.6 is 0 Å². The molecular formula is C24H23F2NO3. The SMILES string of the molecule is COc1cc(CN(C)C(=O)Cc2ccc(-c3ccccc3)cc2)ccc1OC(F)F. The monoisotopic (exact) mass is 411 g/mol. The molecule has 0 fully saturated rings. The molecule has 0 aromatic heterocycles. The number of ether oxygens (including phenoxy) is 2. The van der Waals surface area contributed by atoms with Gasteiger partial charge in [0.1, 0.15) is 0 Å². The van der Waals surface area contributed by atoms with E-state index in [2.05, 4.69) is 4.74 Å². The van der Waals surface area contributed by atoms with Gasteiger partial charge < -0.3 is 14.4 Å². The minimum Gasteiger partial charge on any atom is -0.493 e. The number of halogens is 2. The average Bonchev–Trinajstić information content (AvgIpc) is 2.75. The third-order valence-electron chi connectivity index (χ3n) is 4.71. The van der Waals surface area contributed by atoms with Crippen molar-refractivity contribution >= 4 is 5.91 Å². The molecule has 0 saturated carbocycles. The van der Waals surface area contributed by atoms with Crippen LogP contribution in [0.3, 0.4) is 0 Å². The van der Waals surface area contributed by atoms with Crippen LogP contribution in [0, 0.1) is 0 Å². The fourth-order valence-corrected chi connectivity index (χ4v) is 3.12. The molecular weight excluding hydrogens is 388 g/mol. The minimum absolute atomic E-state index is 0.0382. The number of hydrogen-bond donors (Lipinski definition) is 0. The number of likely N-dealkylation sites (N-methyl/N-ethyl adjacent to an activating group) is 1. The number of carbonyl (C=O) groups is 1. The fraction of sp³-hybridized carbons (Fsp3) is 0.208. The number of carbonyl (C=O) groups excluding carboxylic acids is 1. The third kappa shape index (κ3) is 5.56. The second-order valence-corrected chi connectivity index (χ2v) is 6.85. The maximum Gasteiger partial charge on any atom is 0.387 e. The normalized spacial score (nSPS) is 10.7. The Hall–Kier alpha value is -3.41. The van der Waals surface area contributed by atoms with Crippen LogP contribution in [-0.2, 0) is 17.8 Å². The Morgan fingerprint density at radius 3 is 2.17 bits per heavy atom. The second kappa shape index (κ2) is 9.87. The van der Waals surface area contributed by atoms with Crippen molar-refractivity contribution in [3.05, 3.63) is 83.9 Å². The highest BCUT2D eigenvalue weighted by Crippen LogP contribution is 2.30. The quantitative estimate of drug-likeness (QED) is 0.514. The second-order valence-electron chi connectivity index (χ2n) is 6.85. The van der Waals surface area contributed by atoms with Crippen LogP contribution in [0.25, 0.3) is 11.1 Å². The maximum absolute atomic E-state index is 12.6. The lowest BCUT2D eigenvalue weighted by Gasteiger charge is -2.19. The zero-order valence-corrected chi connectivity index (χ0v) is 16.8. The lowest BCUT2D eigenvalue weighted by Crippen LogP contribution is -2.27. The molecule has 6 heteroatoms. The molecule has 1 amide bonds. The molecule has 0 atom stereocenters. The standard InChI is InChI=1S/C24H23F2NO3/c1-27(16-18-10-13-21(30-24(25)26)22(14-18)29-2)23(28)15-17-8-11-20(12-9-17)19-6-4-3-5-7-19/h3-14,24H,15-16H2,1-2H3. The van der Waals surface area contributed by atoms with Crippen molar-refractivity contribution in [2.75, 3.05) is 14.2 Å². The highest BCUT2D eigenvalue weighted by Gasteiger charge is 2.14. The summed E-state index contributed by atoms with van der Waals surface area (Å²) in [5.41, 5.74) is 3.90. The van der Waals surface area contributed by atoms with E-state index in [0.29, 0.717) is 6.54 Å². The molecule has 0 saturated heterocycles. The summed E-state index contributed by atoms with van der Waals surface area (Å²) in [5, 5.41) is 0. The van der Waals surface area contributed by atoms with Crippen molar-refractivity contribution in [2.45, 2.75) is 19.6 Å². The van der Waals surface area contributed by atoms with Gasteiger partial charge in [-0.05, 0) is 34.4 Å². The molecule has 0 N–H and O–H groups in total. The first-order chi connectivity index (χ1) is 14.5. The van der Waals surface area contributed by atoms with E-state index >= 15 is 0 Å². The number of rotatable bonds is 8. The summed E-state index contributed by atoms with van der Waals surface area (Å²) in [4.78, 5) is 14.2. The molecule has 3 aromatic carbocycles. The Kier molecular flexibility index (Phi) is 7.01. The van der Waals surface area contributed by atoms with Gasteiger partial charge in [0, 0.05) is 13.6 Å². The summed E-state index contributed by atoms with van der Waals surface area (Å²) >= 11 is 0. The Morgan fingerprint density at radius 1 is 0.900 bits per heavy atom. The van der Waals surface area contributed by atoms with Crippen LogP contribution in [-0.4, -0.2) is 31.6 Å². The van der Waals surface area contributed by atoms with E-state index in [4.69, 9.17) is 4.74 Å². The first kappa shape index (κ1) is 21.3. The van der Waals surface area contributed by atoms with E-state index < -0.39 is 6.61 Å². The van der Waals surface area contributed by atoms with Gasteiger partial charge >= 0.3 is 6.61 Å². The van der Waals surface area contributed by atoms with E-state index in [0.717, 1.165) is 22.3 Å². The van der Waals surface area contributed by atoms with E-state index in [9.17, 15) is 13.6 Å². The number of benzene rings is 3. The average molecular weight is 411 g/mol. The molecule has 0 heterocycles. The smallest absolute Gasteiger partial charge is 0.387 e. The molecule has 3 aromatic rings. The van der Waals surface area contributed by atoms with E-state index in [1.807, 2.05) is 54.6 Å². The zero-order valence-electron chi connectivity index (χ0n) is 16.8. The predicted octanol–water partition coefficient (Wildman–Crippen LogP) is 5.16. The lowest BCUT2D eigenvalue weighted by atomic mass is 10.0. The molecule has 0 aliphatic heterocycles. The number of amides is 1. The van der Waals surface area contributed by atoms with Crippen LogP contribution in [0.4, 0.5) is 8.78 Å². The van der Waals surface area contributed by atoms with Crippen molar-refractivity contribution in [2.24, 2.45) is 0 Å². The number of nitrogens with zero attached hydrogens (tertiary/aromatic N) is 1. The zero-order chi connectivity index (χ0) is 21.5. The number of alkyl halides is 2. The Bertz CT molecular complexity index is 976. The molecule has 0 spiro atoms. The van der Waals surface area contributed by atoms with Gasteiger partial charge in [0.25, 0.3) is 0 Å². The molecule has 0 bridgehead atoms. The Balaban J connectivity index is 1.62. The van der Waals surface area contributed by atoms with Crippen LogP contribution in [0.15, 0.2) is 72.8 Å². The van der Waals surface area contributed by atoms with Crippen LogP contribution in [0.2, 0.25) is 0 Å². The summed E-state index contributed by atoms with van der Waals surface area (Å²) in [7, 11) is 3.09. The van der Waals surface area contributed by atoms with Gasteiger partial charge in [-0.2, -0.15) is 8.78 Å². The first-order valence-electron chi connectivity index (χ1n) is 9.46. The van der Waals surface area contributed by atoms with Gasteiger partial charge in [0.05, 0.1) is 13.5 Å². The van der Waals surface area contributed by atoms with Crippen molar-refractivity contribution in [1.29, 1.82) is 0 Å². The Morgan fingerprint density at radius 2 is 1.53 bits per heavy atom. The van der Waals surface area contributed by atoms with Gasteiger partial charge in [0.2, 0.25) is 5.91 Å². The summed E-state index contributed by atoms with van der Waals surface area (Å²) < 4.78 is 34.4. The molecule has 156 valence electrons. The van der Waals surface area contributed by atoms with Gasteiger partial charge in [-0.15, -0.1) is 0 Å². The van der Waals surface area contributed by atoms with Crippen molar-refractivity contribution in [3.8, 4) is 22.6 Å². The van der Waals surface area contributed by atoms with Gasteiger partial charge in [-0.3, -0.25) is 4.79 Å². The molecule has 0 radical (unpaired) electrons. The van der Waals surface area contributed by atoms with E-state index in [1.165, 1.54) is 13.2 Å². The largest absolute Gasteiger partial charge is 0.493 e. The lowest BCUT2D eigenvalue weighted by molar-refractivity contribution is -0.129. The predicted molar refractivity (Wildman–Crippen MR) is 112 cm³/mol. The van der Waals surface area contributed by atoms with Gasteiger partial charge in [-0.25, -0.2) is 0 Å². The molecule has 0 aliphatic rings. The van der Waals surface area contributed by atoms with Crippen LogP contribution < -0.4 is 9.47 Å². The molecule has 0 aliphatic carbocycles. The maximum atomic E-state index is 12.6. The Labute approximate surface area is 174 Å². The highest BCUT2D eigenvalue weighted by molar-refractivity contribution is 5.79. The summed E-state index contributed by atoms with van der Waals surface area (Å²) in [5.74, 6) is 0.114. The van der Waals surface area contributed by atoms with Crippen molar-refractivity contribution < 1.29 is 23.0 Å². The molecule has 4 nitrogen and oxygen atoms in total. The van der Waals surface area contributed by atoms with E-state index in [1.54, 1.807) is 24.1 Å². The topological polar surface area (TPSA) is 38.8 Å². The van der Waals surface area contributed by atoms with Crippen LogP contribution in [0.5, 0.6) is 11.5 Å². The summed E-state index contributed by atoms with van der Waals surface area (Å²) in [6.45, 7) is -2.60. The number of hydrogen-bond acceptors (Lipinski definition) is 3. The minimum atomic E-state index is -2.93. The van der Waals surface area contributed by atoms with Crippen LogP contribution in [0.1, 0.15) is 11.1 Å². The third-order valence-corrected chi connectivity index (χ3v) is 4.71. The summed E-state index contributed by atoms with van der Waals surface area (Å²) in [6, 6.07) is 22.6. The number of methoxy groups -OCH3 is 1. The van der Waals surface area contributed by atoms with Crippen molar-refractivity contribution in [1.82, 2.24) is 4.90 Å². The van der Waals surface area contributed by atoms with E-state index in [-0.39, 0.29) is 23.8 Å². The van der Waals surface area contributed by atoms with Crippen molar-refractivity contribution in [3.63, 3.8) is 0 Å². The molecule has 0 unspecified atom stereocenters. The highest BCUT2D eigenvalue weighted by atomic mass is 19.3. The summed E-state index contributed by atoms with van der Waals surface area (Å²) in [6.07, 6.45) is 0.273. The van der Waals surface area contributed by atoms with Gasteiger partial charge in [0.15, 0.2) is 11.5 Å². The molecule has 3 rings (SSSR count).